The predicted molar refractivity (Wildman–Crippen MR) is 76.0 cm³/mol. The number of carbonyl (C=O) groups is 1. The summed E-state index contributed by atoms with van der Waals surface area (Å²) in [5.74, 6) is 0.119. The molecule has 0 radical (unpaired) electrons. The average Bonchev–Trinajstić information content (AvgIpc) is 2.38. The maximum atomic E-state index is 12.1. The lowest BCUT2D eigenvalue weighted by atomic mass is 10.3. The summed E-state index contributed by atoms with van der Waals surface area (Å²) in [5, 5.41) is 2.46. The molecule has 0 aliphatic carbocycles. The topological polar surface area (TPSA) is 111 Å². The average molecular weight is 301 g/mol. The first-order chi connectivity index (χ1) is 9.40. The molecule has 0 unspecified atom stereocenters. The van der Waals surface area contributed by atoms with Crippen molar-refractivity contribution in [1.82, 2.24) is 10.0 Å². The molecule has 0 bridgehead atoms. The van der Waals surface area contributed by atoms with Gasteiger partial charge in [-0.25, -0.2) is 17.9 Å². The Morgan fingerprint density at radius 1 is 1.40 bits per heavy atom. The standard InChI is InChI=1S/C12H19N3O4S/c1-3-4-7-14-12(16)15-20(17,18)11-8-9(13)5-6-10(11)19-2/h5-6,8H,3-4,7,13H2,1-2H3,(H2,14,15,16). The maximum absolute atomic E-state index is 12.1. The zero-order valence-electron chi connectivity index (χ0n) is 11.5. The molecule has 7 nitrogen and oxygen atoms in total. The molecule has 112 valence electrons. The van der Waals surface area contributed by atoms with Gasteiger partial charge >= 0.3 is 6.03 Å². The highest BCUT2D eigenvalue weighted by atomic mass is 32.2. The quantitative estimate of drug-likeness (QED) is 0.537. The van der Waals surface area contributed by atoms with Gasteiger partial charge in [-0.15, -0.1) is 0 Å². The van der Waals surface area contributed by atoms with Gasteiger partial charge in [0.15, 0.2) is 0 Å². The van der Waals surface area contributed by atoms with Crippen molar-refractivity contribution < 1.29 is 17.9 Å². The monoisotopic (exact) mass is 301 g/mol. The molecule has 2 amide bonds. The van der Waals surface area contributed by atoms with E-state index >= 15 is 0 Å². The van der Waals surface area contributed by atoms with Crippen LogP contribution in [0.2, 0.25) is 0 Å². The maximum Gasteiger partial charge on any atom is 0.328 e. The van der Waals surface area contributed by atoms with Crippen molar-refractivity contribution in [2.24, 2.45) is 0 Å². The van der Waals surface area contributed by atoms with Crippen LogP contribution in [0.1, 0.15) is 19.8 Å². The number of nitrogens with one attached hydrogen (secondary N) is 2. The van der Waals surface area contributed by atoms with E-state index in [2.05, 4.69) is 5.32 Å². The smallest absolute Gasteiger partial charge is 0.328 e. The fraction of sp³-hybridized carbons (Fsp3) is 0.417. The molecule has 0 aliphatic rings. The van der Waals surface area contributed by atoms with Crippen molar-refractivity contribution in [1.29, 1.82) is 0 Å². The minimum atomic E-state index is -4.03. The van der Waals surface area contributed by atoms with Gasteiger partial charge in [0.25, 0.3) is 10.0 Å². The third-order valence-electron chi connectivity index (χ3n) is 2.52. The lowest BCUT2D eigenvalue weighted by Gasteiger charge is -2.12. The van der Waals surface area contributed by atoms with Crippen LogP contribution in [0, 0.1) is 0 Å². The minimum Gasteiger partial charge on any atom is -0.495 e. The molecule has 0 atom stereocenters. The van der Waals surface area contributed by atoms with Gasteiger partial charge in [0.1, 0.15) is 10.6 Å². The number of hydrogen-bond donors (Lipinski definition) is 3. The second kappa shape index (κ2) is 6.99. The minimum absolute atomic E-state index is 0.119. The van der Waals surface area contributed by atoms with Crippen molar-refractivity contribution in [3.8, 4) is 5.75 Å². The van der Waals surface area contributed by atoms with Crippen LogP contribution in [-0.4, -0.2) is 28.1 Å². The fourth-order valence-corrected chi connectivity index (χ4v) is 2.63. The van der Waals surface area contributed by atoms with Crippen LogP contribution >= 0.6 is 0 Å². The van der Waals surface area contributed by atoms with Gasteiger partial charge in [-0.05, 0) is 24.6 Å². The van der Waals surface area contributed by atoms with Crippen LogP contribution < -0.4 is 20.5 Å². The number of urea groups is 1. The lowest BCUT2D eigenvalue weighted by molar-refractivity contribution is 0.245. The zero-order chi connectivity index (χ0) is 15.2. The number of nitrogen functional groups attached to an aromatic ring is 1. The van der Waals surface area contributed by atoms with Crippen molar-refractivity contribution in [2.75, 3.05) is 19.4 Å². The Morgan fingerprint density at radius 3 is 2.70 bits per heavy atom. The first-order valence-electron chi connectivity index (χ1n) is 6.15. The Hall–Kier alpha value is -1.96. The van der Waals surface area contributed by atoms with Crippen molar-refractivity contribution >= 4 is 21.7 Å². The van der Waals surface area contributed by atoms with Crippen molar-refractivity contribution in [2.45, 2.75) is 24.7 Å². The van der Waals surface area contributed by atoms with E-state index in [4.69, 9.17) is 10.5 Å². The summed E-state index contributed by atoms with van der Waals surface area (Å²) in [6.45, 7) is 2.37. The highest BCUT2D eigenvalue weighted by molar-refractivity contribution is 7.90. The SMILES string of the molecule is CCCCNC(=O)NS(=O)(=O)c1cc(N)ccc1OC. The Labute approximate surface area is 118 Å². The Kier molecular flexibility index (Phi) is 5.63. The van der Waals surface area contributed by atoms with Gasteiger partial charge in [0.2, 0.25) is 0 Å². The number of benzene rings is 1. The van der Waals surface area contributed by atoms with Crippen LogP contribution in [0.25, 0.3) is 0 Å². The highest BCUT2D eigenvalue weighted by Gasteiger charge is 2.22. The third-order valence-corrected chi connectivity index (χ3v) is 3.87. The van der Waals surface area contributed by atoms with Crippen LogP contribution in [0.15, 0.2) is 23.1 Å². The number of hydrogen-bond acceptors (Lipinski definition) is 5. The van der Waals surface area contributed by atoms with Crippen molar-refractivity contribution in [3.05, 3.63) is 18.2 Å². The molecule has 1 aromatic rings. The first-order valence-corrected chi connectivity index (χ1v) is 7.63. The molecule has 0 spiro atoms. The largest absolute Gasteiger partial charge is 0.495 e. The van der Waals surface area contributed by atoms with Gasteiger partial charge < -0.3 is 15.8 Å². The predicted octanol–water partition coefficient (Wildman–Crippen LogP) is 1.07. The second-order valence-corrected chi connectivity index (χ2v) is 5.78. The summed E-state index contributed by atoms with van der Waals surface area (Å²) in [6, 6.07) is 3.40. The lowest BCUT2D eigenvalue weighted by Crippen LogP contribution is -2.39. The number of carbonyl (C=O) groups excluding carboxylic acids is 1. The summed E-state index contributed by atoms with van der Waals surface area (Å²) >= 11 is 0. The Morgan fingerprint density at radius 2 is 2.10 bits per heavy atom. The van der Waals surface area contributed by atoms with Gasteiger partial charge in [-0.2, -0.15) is 0 Å². The molecule has 4 N–H and O–H groups in total. The number of unbranched alkanes of at least 4 members (excludes halogenated alkanes) is 1. The Balaban J connectivity index is 2.88. The number of rotatable bonds is 6. The molecule has 1 aromatic carbocycles. The molecular formula is C12H19N3O4S. The number of anilines is 1. The molecule has 0 fully saturated rings. The normalized spacial score (nSPS) is 10.9. The van der Waals surface area contributed by atoms with E-state index in [0.717, 1.165) is 12.8 Å². The van der Waals surface area contributed by atoms with Crippen LogP contribution in [-0.2, 0) is 10.0 Å². The summed E-state index contributed by atoms with van der Waals surface area (Å²) in [6.07, 6.45) is 1.67. The summed E-state index contributed by atoms with van der Waals surface area (Å²) in [7, 11) is -2.69. The Bertz CT molecular complexity index is 572. The van der Waals surface area contributed by atoms with Crippen LogP contribution in [0.3, 0.4) is 0 Å². The zero-order valence-corrected chi connectivity index (χ0v) is 12.3. The van der Waals surface area contributed by atoms with E-state index in [-0.39, 0.29) is 16.3 Å². The van der Waals surface area contributed by atoms with E-state index < -0.39 is 16.1 Å². The number of sulfonamides is 1. The molecule has 0 aliphatic heterocycles. The van der Waals surface area contributed by atoms with Gasteiger partial charge in [-0.3, -0.25) is 0 Å². The fourth-order valence-electron chi connectivity index (χ4n) is 1.50. The van der Waals surface area contributed by atoms with Crippen LogP contribution in [0.5, 0.6) is 5.75 Å². The molecule has 1 rings (SSSR count). The number of methoxy groups -OCH3 is 1. The van der Waals surface area contributed by atoms with Crippen molar-refractivity contribution in [3.63, 3.8) is 0 Å². The summed E-state index contributed by atoms with van der Waals surface area (Å²) in [4.78, 5) is 11.3. The molecular weight excluding hydrogens is 282 g/mol. The summed E-state index contributed by atoms with van der Waals surface area (Å²) < 4.78 is 31.1. The molecule has 8 heteroatoms. The molecule has 0 aromatic heterocycles. The second-order valence-electron chi connectivity index (χ2n) is 4.13. The van der Waals surface area contributed by atoms with E-state index in [1.165, 1.54) is 25.3 Å². The molecule has 0 saturated carbocycles. The van der Waals surface area contributed by atoms with Crippen LogP contribution in [0.4, 0.5) is 10.5 Å². The van der Waals surface area contributed by atoms with Gasteiger partial charge in [-0.1, -0.05) is 13.3 Å². The third kappa shape index (κ3) is 4.30. The number of amides is 2. The van der Waals surface area contributed by atoms with Gasteiger partial charge in [0.05, 0.1) is 7.11 Å². The highest BCUT2D eigenvalue weighted by Crippen LogP contribution is 2.25. The van der Waals surface area contributed by atoms with E-state index in [0.29, 0.717) is 6.54 Å². The molecule has 0 saturated heterocycles. The van der Waals surface area contributed by atoms with Gasteiger partial charge in [0, 0.05) is 12.2 Å². The van der Waals surface area contributed by atoms with E-state index in [1.54, 1.807) is 0 Å². The number of nitrogens with two attached hydrogens (primary N) is 1. The van der Waals surface area contributed by atoms with E-state index in [9.17, 15) is 13.2 Å². The first kappa shape index (κ1) is 16.1. The molecule has 0 heterocycles. The van der Waals surface area contributed by atoms with E-state index in [1.807, 2.05) is 11.6 Å². The number of ether oxygens (including phenoxy) is 1. The summed E-state index contributed by atoms with van der Waals surface area (Å²) in [5.41, 5.74) is 5.82. The molecule has 20 heavy (non-hydrogen) atoms.